The Balaban J connectivity index is 2.12. The number of carbonyl (C=O) groups is 2. The summed E-state index contributed by atoms with van der Waals surface area (Å²) in [5, 5.41) is 5.76. The van der Waals surface area contributed by atoms with Gasteiger partial charge in [-0.15, -0.1) is 0 Å². The third-order valence-electron chi connectivity index (χ3n) is 3.76. The number of aryl methyl sites for hydroxylation is 1. The number of ether oxygens (including phenoxy) is 1. The van der Waals surface area contributed by atoms with Gasteiger partial charge in [-0.25, -0.2) is 0 Å². The molecule has 0 aliphatic carbocycles. The summed E-state index contributed by atoms with van der Waals surface area (Å²) < 4.78 is 5.24. The van der Waals surface area contributed by atoms with Crippen molar-refractivity contribution < 1.29 is 14.3 Å². The van der Waals surface area contributed by atoms with E-state index in [2.05, 4.69) is 10.6 Å². The summed E-state index contributed by atoms with van der Waals surface area (Å²) in [5.41, 5.74) is 2.46. The van der Waals surface area contributed by atoms with E-state index in [9.17, 15) is 9.59 Å². The molecular formula is C21H26N2O3. The zero-order valence-corrected chi connectivity index (χ0v) is 16.0. The lowest BCUT2D eigenvalue weighted by Gasteiger charge is -2.21. The molecule has 138 valence electrons. The Labute approximate surface area is 154 Å². The normalized spacial score (nSPS) is 11.0. The van der Waals surface area contributed by atoms with Gasteiger partial charge in [-0.1, -0.05) is 24.3 Å². The number of methoxy groups -OCH3 is 1. The van der Waals surface area contributed by atoms with Crippen LogP contribution in [0, 0.1) is 6.92 Å². The highest BCUT2D eigenvalue weighted by Gasteiger charge is 2.18. The molecule has 0 atom stereocenters. The topological polar surface area (TPSA) is 67.4 Å². The minimum absolute atomic E-state index is 0.175. The van der Waals surface area contributed by atoms with E-state index in [4.69, 9.17) is 4.74 Å². The second-order valence-electron chi connectivity index (χ2n) is 7.28. The number of carbonyl (C=O) groups excluding carboxylic acids is 2. The highest BCUT2D eigenvalue weighted by atomic mass is 16.5. The van der Waals surface area contributed by atoms with Crippen molar-refractivity contribution >= 4 is 17.5 Å². The maximum Gasteiger partial charge on any atom is 0.253 e. The van der Waals surface area contributed by atoms with Crippen molar-refractivity contribution in [2.45, 2.75) is 39.7 Å². The van der Waals surface area contributed by atoms with E-state index < -0.39 is 0 Å². The van der Waals surface area contributed by atoms with Gasteiger partial charge in [0.2, 0.25) is 5.91 Å². The highest BCUT2D eigenvalue weighted by molar-refractivity contribution is 6.04. The summed E-state index contributed by atoms with van der Waals surface area (Å²) in [4.78, 5) is 24.9. The molecule has 5 nitrogen and oxygen atoms in total. The van der Waals surface area contributed by atoms with Crippen molar-refractivity contribution in [2.75, 3.05) is 12.4 Å². The summed E-state index contributed by atoms with van der Waals surface area (Å²) in [6.45, 7) is 7.68. The van der Waals surface area contributed by atoms with Gasteiger partial charge in [0, 0.05) is 5.54 Å². The number of anilines is 1. The quantitative estimate of drug-likeness (QED) is 0.860. The van der Waals surface area contributed by atoms with Crippen LogP contribution in [0.5, 0.6) is 5.75 Å². The van der Waals surface area contributed by atoms with Crippen molar-refractivity contribution in [3.8, 4) is 5.75 Å². The van der Waals surface area contributed by atoms with Gasteiger partial charge in [-0.05, 0) is 57.0 Å². The Hall–Kier alpha value is -2.82. The molecule has 0 aromatic heterocycles. The molecule has 0 saturated carbocycles. The fourth-order valence-electron chi connectivity index (χ4n) is 2.63. The fourth-order valence-corrected chi connectivity index (χ4v) is 2.63. The molecule has 2 amide bonds. The molecule has 0 saturated heterocycles. The van der Waals surface area contributed by atoms with Crippen LogP contribution in [0.15, 0.2) is 42.5 Å². The lowest BCUT2D eigenvalue weighted by molar-refractivity contribution is -0.115. The first kappa shape index (κ1) is 19.5. The number of hydrogen-bond donors (Lipinski definition) is 2. The second-order valence-corrected chi connectivity index (χ2v) is 7.28. The van der Waals surface area contributed by atoms with E-state index in [1.54, 1.807) is 31.4 Å². The van der Waals surface area contributed by atoms with Crippen LogP contribution >= 0.6 is 0 Å². The van der Waals surface area contributed by atoms with Crippen LogP contribution in [0.4, 0.5) is 5.69 Å². The van der Waals surface area contributed by atoms with Gasteiger partial charge >= 0.3 is 0 Å². The number of hydrogen-bond acceptors (Lipinski definition) is 3. The van der Waals surface area contributed by atoms with E-state index in [0.717, 1.165) is 16.9 Å². The Morgan fingerprint density at radius 3 is 2.38 bits per heavy atom. The molecule has 0 spiro atoms. The van der Waals surface area contributed by atoms with Crippen molar-refractivity contribution in [1.82, 2.24) is 5.32 Å². The summed E-state index contributed by atoms with van der Waals surface area (Å²) in [5.74, 6) is 0.401. The van der Waals surface area contributed by atoms with Gasteiger partial charge < -0.3 is 15.4 Å². The van der Waals surface area contributed by atoms with Gasteiger partial charge in [0.25, 0.3) is 5.91 Å². The lowest BCUT2D eigenvalue weighted by Crippen LogP contribution is -2.40. The highest BCUT2D eigenvalue weighted by Crippen LogP contribution is 2.20. The number of benzene rings is 2. The monoisotopic (exact) mass is 354 g/mol. The number of amides is 2. The van der Waals surface area contributed by atoms with Crippen LogP contribution in [-0.2, 0) is 11.2 Å². The smallest absolute Gasteiger partial charge is 0.253 e. The van der Waals surface area contributed by atoms with Crippen LogP contribution in [0.2, 0.25) is 0 Å². The van der Waals surface area contributed by atoms with Crippen molar-refractivity contribution in [3.05, 3.63) is 59.2 Å². The second kappa shape index (κ2) is 8.04. The first-order chi connectivity index (χ1) is 12.2. The maximum absolute atomic E-state index is 12.5. The molecule has 0 bridgehead atoms. The van der Waals surface area contributed by atoms with Crippen molar-refractivity contribution in [1.29, 1.82) is 0 Å². The SMILES string of the molecule is COc1ccc(CC(=O)Nc2ccccc2C(=O)NC(C)(C)C)cc1C. The molecule has 0 heterocycles. The third kappa shape index (κ3) is 5.34. The number of nitrogens with one attached hydrogen (secondary N) is 2. The first-order valence-corrected chi connectivity index (χ1v) is 8.54. The Bertz CT molecular complexity index is 807. The summed E-state index contributed by atoms with van der Waals surface area (Å²) >= 11 is 0. The van der Waals surface area contributed by atoms with E-state index in [1.165, 1.54) is 0 Å². The predicted molar refractivity (Wildman–Crippen MR) is 104 cm³/mol. The zero-order chi connectivity index (χ0) is 19.3. The van der Waals surface area contributed by atoms with Crippen LogP contribution < -0.4 is 15.4 Å². The minimum Gasteiger partial charge on any atom is -0.496 e. The van der Waals surface area contributed by atoms with Gasteiger partial charge in [-0.3, -0.25) is 9.59 Å². The van der Waals surface area contributed by atoms with E-state index in [0.29, 0.717) is 11.3 Å². The Kier molecular flexibility index (Phi) is 6.03. The van der Waals surface area contributed by atoms with Gasteiger partial charge in [0.15, 0.2) is 0 Å². The molecule has 0 aliphatic rings. The minimum atomic E-state index is -0.352. The molecule has 0 unspecified atom stereocenters. The summed E-state index contributed by atoms with van der Waals surface area (Å²) in [7, 11) is 1.62. The van der Waals surface area contributed by atoms with Crippen LogP contribution in [0.1, 0.15) is 42.3 Å². The fraction of sp³-hybridized carbons (Fsp3) is 0.333. The van der Waals surface area contributed by atoms with Crippen molar-refractivity contribution in [3.63, 3.8) is 0 Å². The van der Waals surface area contributed by atoms with E-state index >= 15 is 0 Å². The third-order valence-corrected chi connectivity index (χ3v) is 3.76. The molecule has 2 aromatic carbocycles. The predicted octanol–water partition coefficient (Wildman–Crippen LogP) is 3.71. The number of rotatable bonds is 5. The lowest BCUT2D eigenvalue weighted by atomic mass is 10.1. The van der Waals surface area contributed by atoms with E-state index in [1.807, 2.05) is 45.9 Å². The van der Waals surface area contributed by atoms with Crippen molar-refractivity contribution in [2.24, 2.45) is 0 Å². The summed E-state index contributed by atoms with van der Waals surface area (Å²) in [6.07, 6.45) is 0.222. The first-order valence-electron chi connectivity index (χ1n) is 8.54. The van der Waals surface area contributed by atoms with Gasteiger partial charge in [-0.2, -0.15) is 0 Å². The van der Waals surface area contributed by atoms with Crippen LogP contribution in [0.3, 0.4) is 0 Å². The van der Waals surface area contributed by atoms with Gasteiger partial charge in [0.05, 0.1) is 24.8 Å². The standard InChI is InChI=1S/C21H26N2O3/c1-14-12-15(10-11-18(14)26-5)13-19(24)22-17-9-7-6-8-16(17)20(25)23-21(2,3)4/h6-12H,13H2,1-5H3,(H,22,24)(H,23,25). The molecule has 2 aromatic rings. The molecule has 2 rings (SSSR count). The van der Waals surface area contributed by atoms with E-state index in [-0.39, 0.29) is 23.8 Å². The molecule has 2 N–H and O–H groups in total. The molecular weight excluding hydrogens is 328 g/mol. The molecule has 0 radical (unpaired) electrons. The molecule has 0 fully saturated rings. The molecule has 0 aliphatic heterocycles. The average Bonchev–Trinajstić information content (AvgIpc) is 2.53. The zero-order valence-electron chi connectivity index (χ0n) is 16.0. The van der Waals surface area contributed by atoms with Crippen LogP contribution in [-0.4, -0.2) is 24.5 Å². The summed E-state index contributed by atoms with van der Waals surface area (Å²) in [6, 6.07) is 12.6. The molecule has 26 heavy (non-hydrogen) atoms. The Morgan fingerprint density at radius 2 is 1.77 bits per heavy atom. The number of para-hydroxylation sites is 1. The Morgan fingerprint density at radius 1 is 1.08 bits per heavy atom. The van der Waals surface area contributed by atoms with Crippen LogP contribution in [0.25, 0.3) is 0 Å². The van der Waals surface area contributed by atoms with Gasteiger partial charge in [0.1, 0.15) is 5.75 Å². The maximum atomic E-state index is 12.5. The largest absolute Gasteiger partial charge is 0.496 e. The molecule has 5 heteroatoms. The average molecular weight is 354 g/mol.